The van der Waals surface area contributed by atoms with E-state index in [1.165, 1.54) is 11.0 Å². The van der Waals surface area contributed by atoms with Crippen molar-refractivity contribution in [1.82, 2.24) is 14.9 Å². The van der Waals surface area contributed by atoms with Crippen LogP contribution in [0.1, 0.15) is 26.3 Å². The number of carbonyl (C=O) groups excluding carboxylic acids is 1. The summed E-state index contributed by atoms with van der Waals surface area (Å²) in [5, 5.41) is 9.82. The number of fused-ring (bicyclic) bond motifs is 1. The quantitative estimate of drug-likeness (QED) is 0.426. The highest BCUT2D eigenvalue weighted by Crippen LogP contribution is 2.33. The van der Waals surface area contributed by atoms with Crippen LogP contribution in [-0.4, -0.2) is 45.9 Å². The molecule has 0 saturated heterocycles. The van der Waals surface area contributed by atoms with Crippen LogP contribution in [0.25, 0.3) is 22.2 Å². The molecule has 1 aromatic heterocycles. The Balaban J connectivity index is 1.64. The van der Waals surface area contributed by atoms with Crippen molar-refractivity contribution in [1.29, 1.82) is 0 Å². The number of benzene rings is 3. The number of ether oxygens (including phenoxy) is 1. The maximum Gasteiger partial charge on any atom is 0.336 e. The summed E-state index contributed by atoms with van der Waals surface area (Å²) < 4.78 is 5.74. The summed E-state index contributed by atoms with van der Waals surface area (Å²) in [4.78, 5) is 32.5. The lowest BCUT2D eigenvalue weighted by Crippen LogP contribution is -2.21. The molecule has 4 rings (SSSR count). The Morgan fingerprint density at radius 2 is 1.78 bits per heavy atom. The molecule has 3 aromatic carbocycles. The first-order valence-corrected chi connectivity index (χ1v) is 10.1. The molecule has 0 fully saturated rings. The molecule has 2 N–H and O–H groups in total. The fourth-order valence-corrected chi connectivity index (χ4v) is 3.61. The highest BCUT2D eigenvalue weighted by molar-refractivity contribution is 6.34. The Bertz CT molecular complexity index is 1340. The van der Waals surface area contributed by atoms with Gasteiger partial charge in [-0.3, -0.25) is 4.79 Å². The Morgan fingerprint density at radius 1 is 1.06 bits per heavy atom. The number of aromatic nitrogens is 2. The van der Waals surface area contributed by atoms with E-state index in [9.17, 15) is 14.7 Å². The van der Waals surface area contributed by atoms with Gasteiger partial charge in [0.25, 0.3) is 11.9 Å². The third kappa shape index (κ3) is 4.15. The summed E-state index contributed by atoms with van der Waals surface area (Å²) >= 11 is 6.50. The Labute approximate surface area is 189 Å². The smallest absolute Gasteiger partial charge is 0.336 e. The van der Waals surface area contributed by atoms with E-state index in [-0.39, 0.29) is 17.5 Å². The average molecular weight is 450 g/mol. The second-order valence-electron chi connectivity index (χ2n) is 7.55. The molecule has 0 radical (unpaired) electrons. The number of hydrogen-bond donors (Lipinski definition) is 2. The van der Waals surface area contributed by atoms with Crippen LogP contribution >= 0.6 is 11.6 Å². The zero-order valence-corrected chi connectivity index (χ0v) is 18.4. The number of nitrogens with zero attached hydrogens (tertiary/aromatic N) is 2. The number of hydrogen-bond acceptors (Lipinski definition) is 4. The fourth-order valence-electron chi connectivity index (χ4n) is 3.33. The summed E-state index contributed by atoms with van der Waals surface area (Å²) in [6.45, 7) is 1.72. The number of aryl methyl sites for hydroxylation is 1. The predicted octanol–water partition coefficient (Wildman–Crippen LogP) is 5.38. The maximum atomic E-state index is 12.1. The predicted molar refractivity (Wildman–Crippen MR) is 123 cm³/mol. The van der Waals surface area contributed by atoms with Gasteiger partial charge >= 0.3 is 5.97 Å². The number of imidazole rings is 1. The number of rotatable bonds is 5. The Morgan fingerprint density at radius 3 is 2.44 bits per heavy atom. The number of halogens is 1. The van der Waals surface area contributed by atoms with Gasteiger partial charge in [0.2, 0.25) is 0 Å². The van der Waals surface area contributed by atoms with Gasteiger partial charge in [0.15, 0.2) is 0 Å². The maximum absolute atomic E-state index is 12.1. The van der Waals surface area contributed by atoms with E-state index in [0.717, 1.165) is 11.1 Å². The van der Waals surface area contributed by atoms with Crippen LogP contribution in [0.3, 0.4) is 0 Å². The largest absolute Gasteiger partial charge is 0.478 e. The molecule has 1 heterocycles. The van der Waals surface area contributed by atoms with E-state index in [2.05, 4.69) is 9.97 Å². The lowest BCUT2D eigenvalue weighted by molar-refractivity contribution is 0.0695. The normalized spacial score (nSPS) is 10.9. The van der Waals surface area contributed by atoms with Gasteiger partial charge in [-0.25, -0.2) is 4.79 Å². The molecule has 0 atom stereocenters. The minimum atomic E-state index is -1.02. The molecular weight excluding hydrogens is 430 g/mol. The van der Waals surface area contributed by atoms with Crippen LogP contribution in [0.4, 0.5) is 0 Å². The number of carboxylic acids is 1. The zero-order valence-electron chi connectivity index (χ0n) is 17.6. The number of H-pyrrole nitrogens is 1. The second-order valence-corrected chi connectivity index (χ2v) is 7.96. The van der Waals surface area contributed by atoms with Crippen LogP contribution in [0.2, 0.25) is 5.02 Å². The summed E-state index contributed by atoms with van der Waals surface area (Å²) in [7, 11) is 3.41. The van der Waals surface area contributed by atoms with Gasteiger partial charge in [0, 0.05) is 25.2 Å². The molecule has 8 heteroatoms. The molecule has 0 saturated carbocycles. The van der Waals surface area contributed by atoms with Crippen LogP contribution in [0.5, 0.6) is 11.8 Å². The van der Waals surface area contributed by atoms with Crippen LogP contribution in [-0.2, 0) is 0 Å². The van der Waals surface area contributed by atoms with E-state index in [1.54, 1.807) is 51.4 Å². The van der Waals surface area contributed by atoms with Crippen LogP contribution < -0.4 is 4.74 Å². The molecule has 0 aliphatic rings. The Hall–Kier alpha value is -3.84. The SMILES string of the molecule is Cc1ccc(Oc2nc3cc(-c4ccc(C(=O)N(C)C)cc4)c(Cl)cc3[nH]2)cc1C(=O)O. The van der Waals surface area contributed by atoms with Crippen molar-refractivity contribution >= 4 is 34.5 Å². The standard InChI is InChI=1S/C24H20ClN3O4/c1-13-4-9-16(10-17(13)23(30)31)32-24-26-20-11-18(19(25)12-21(20)27-24)14-5-7-15(8-6-14)22(29)28(2)3/h4-12H,1-3H3,(H,26,27)(H,30,31). The van der Waals surface area contributed by atoms with Crippen molar-refractivity contribution in [2.24, 2.45) is 0 Å². The van der Waals surface area contributed by atoms with Crippen LogP contribution in [0.15, 0.2) is 54.6 Å². The third-order valence-electron chi connectivity index (χ3n) is 5.05. The van der Waals surface area contributed by atoms with E-state index < -0.39 is 5.97 Å². The molecule has 7 nitrogen and oxygen atoms in total. The molecule has 162 valence electrons. The molecule has 4 aromatic rings. The molecule has 0 aliphatic heterocycles. The van der Waals surface area contributed by atoms with Crippen LogP contribution in [0, 0.1) is 6.92 Å². The van der Waals surface area contributed by atoms with Gasteiger partial charge in [0.05, 0.1) is 21.6 Å². The molecule has 0 bridgehead atoms. The summed E-state index contributed by atoms with van der Waals surface area (Å²) in [6, 6.07) is 15.8. The minimum Gasteiger partial charge on any atom is -0.478 e. The van der Waals surface area contributed by atoms with Crippen molar-refractivity contribution < 1.29 is 19.4 Å². The first-order valence-electron chi connectivity index (χ1n) is 9.76. The molecule has 32 heavy (non-hydrogen) atoms. The number of carbonyl (C=O) groups is 2. The van der Waals surface area contributed by atoms with Gasteiger partial charge in [-0.05, 0) is 54.4 Å². The van der Waals surface area contributed by atoms with Crippen molar-refractivity contribution in [3.05, 3.63) is 76.3 Å². The van der Waals surface area contributed by atoms with Gasteiger partial charge in [-0.15, -0.1) is 0 Å². The summed E-state index contributed by atoms with van der Waals surface area (Å²) in [6.07, 6.45) is 0. The number of nitrogens with one attached hydrogen (secondary N) is 1. The number of aromatic carboxylic acids is 1. The topological polar surface area (TPSA) is 95.5 Å². The van der Waals surface area contributed by atoms with E-state index >= 15 is 0 Å². The van der Waals surface area contributed by atoms with E-state index in [1.807, 2.05) is 18.2 Å². The highest BCUT2D eigenvalue weighted by atomic mass is 35.5. The average Bonchev–Trinajstić information content (AvgIpc) is 3.14. The monoisotopic (exact) mass is 449 g/mol. The van der Waals surface area contributed by atoms with Crippen molar-refractivity contribution in [2.45, 2.75) is 6.92 Å². The Kier molecular flexibility index (Phi) is 5.59. The number of aromatic amines is 1. The number of carboxylic acid groups (broad SMARTS) is 1. The van der Waals surface area contributed by atoms with E-state index in [0.29, 0.717) is 32.9 Å². The number of amides is 1. The third-order valence-corrected chi connectivity index (χ3v) is 5.36. The van der Waals surface area contributed by atoms with Gasteiger partial charge in [-0.1, -0.05) is 29.8 Å². The zero-order chi connectivity index (χ0) is 23.0. The molecule has 0 spiro atoms. The summed E-state index contributed by atoms with van der Waals surface area (Å²) in [5.41, 5.74) is 4.33. The van der Waals surface area contributed by atoms with Crippen molar-refractivity contribution in [3.8, 4) is 22.9 Å². The molecule has 0 unspecified atom stereocenters. The molecular formula is C24H20ClN3O4. The first kappa shape index (κ1) is 21.4. The fraction of sp³-hybridized carbons (Fsp3) is 0.125. The first-order chi connectivity index (χ1) is 15.2. The lowest BCUT2D eigenvalue weighted by atomic mass is 10.0. The summed E-state index contributed by atoms with van der Waals surface area (Å²) in [5.74, 6) is -0.735. The van der Waals surface area contributed by atoms with Crippen molar-refractivity contribution in [3.63, 3.8) is 0 Å². The van der Waals surface area contributed by atoms with Gasteiger partial charge < -0.3 is 19.7 Å². The van der Waals surface area contributed by atoms with E-state index in [4.69, 9.17) is 16.3 Å². The minimum absolute atomic E-state index is 0.0747. The lowest BCUT2D eigenvalue weighted by Gasteiger charge is -2.11. The second kappa shape index (κ2) is 8.36. The molecule has 0 aliphatic carbocycles. The van der Waals surface area contributed by atoms with Crippen molar-refractivity contribution in [2.75, 3.05) is 14.1 Å². The molecule has 1 amide bonds. The van der Waals surface area contributed by atoms with Gasteiger partial charge in [-0.2, -0.15) is 4.98 Å². The van der Waals surface area contributed by atoms with Gasteiger partial charge in [0.1, 0.15) is 5.75 Å². The highest BCUT2D eigenvalue weighted by Gasteiger charge is 2.14.